The lowest BCUT2D eigenvalue weighted by atomic mass is 10.2. The van der Waals surface area contributed by atoms with Crippen LogP contribution in [0.5, 0.6) is 0 Å². The molecule has 0 bridgehead atoms. The first-order valence-corrected chi connectivity index (χ1v) is 7.58. The molecule has 0 aliphatic carbocycles. The second-order valence-electron chi connectivity index (χ2n) is 2.44. The summed E-state index contributed by atoms with van der Waals surface area (Å²) >= 11 is 6.74. The lowest BCUT2D eigenvalue weighted by Gasteiger charge is -2.14. The number of hydrogen-bond acceptors (Lipinski definition) is 0. The fourth-order valence-corrected chi connectivity index (χ4v) is 4.28. The predicted octanol–water partition coefficient (Wildman–Crippen LogP) is 5.26. The Bertz CT molecular complexity index is 383. The van der Waals surface area contributed by atoms with Crippen LogP contribution in [0.2, 0.25) is 0 Å². The maximum atomic E-state index is 13.5. The van der Waals surface area contributed by atoms with Crippen molar-refractivity contribution in [1.82, 2.24) is 0 Å². The number of benzene rings is 1. The van der Waals surface area contributed by atoms with Crippen molar-refractivity contribution in [2.75, 3.05) is 0 Å². The van der Waals surface area contributed by atoms with Gasteiger partial charge in [-0.25, -0.2) is 4.39 Å². The molecule has 0 saturated heterocycles. The number of hydrogen-bond donors (Lipinski definition) is 0. The van der Waals surface area contributed by atoms with Gasteiger partial charge in [0.2, 0.25) is 0 Å². The minimum Gasteiger partial charge on any atom is -0.205 e. The molecule has 0 unspecified atom stereocenters. The second-order valence-corrected chi connectivity index (χ2v) is 6.76. The molecule has 0 aliphatic rings. The van der Waals surface area contributed by atoms with Crippen LogP contribution in [0.4, 0.5) is 17.6 Å². The van der Waals surface area contributed by atoms with Gasteiger partial charge < -0.3 is 0 Å². The molecular weight excluding hydrogens is 668 g/mol. The lowest BCUT2D eigenvalue weighted by molar-refractivity contribution is -0.140. The summed E-state index contributed by atoms with van der Waals surface area (Å²) in [6.45, 7) is 0. The first-order chi connectivity index (χ1) is 6.68. The summed E-state index contributed by atoms with van der Waals surface area (Å²) in [5, 5.41) is 0. The van der Waals surface area contributed by atoms with Crippen LogP contribution in [0.25, 0.3) is 0 Å². The highest BCUT2D eigenvalue weighted by Gasteiger charge is 2.39. The molecule has 1 aromatic carbocycles. The van der Waals surface area contributed by atoms with Gasteiger partial charge >= 0.3 is 6.18 Å². The second kappa shape index (κ2) is 5.24. The highest BCUT2D eigenvalue weighted by atomic mass is 127. The maximum Gasteiger partial charge on any atom is 0.420 e. The minimum absolute atomic E-state index is 0.0188. The Balaban J connectivity index is 3.68. The molecule has 0 fully saturated rings. The standard InChI is InChI=1S/C7F4I4/c8-2-1(7(9,10)11)3(12)5(14)6(15)4(2)13. The van der Waals surface area contributed by atoms with Gasteiger partial charge in [0.1, 0.15) is 5.56 Å². The van der Waals surface area contributed by atoms with E-state index in [-0.39, 0.29) is 7.14 Å². The molecular formula is C7F4I4. The Morgan fingerprint density at radius 1 is 0.733 bits per heavy atom. The van der Waals surface area contributed by atoms with Crippen molar-refractivity contribution in [3.05, 3.63) is 25.7 Å². The average molecular weight is 668 g/mol. The Kier molecular flexibility index (Phi) is 5.21. The third kappa shape index (κ3) is 3.00. The van der Waals surface area contributed by atoms with Crippen molar-refractivity contribution in [2.24, 2.45) is 0 Å². The summed E-state index contributed by atoms with van der Waals surface area (Å²) in [5.41, 5.74) is -1.17. The van der Waals surface area contributed by atoms with Crippen LogP contribution in [-0.4, -0.2) is 0 Å². The van der Waals surface area contributed by atoms with Gasteiger partial charge in [0.05, 0.1) is 3.57 Å². The normalized spacial score (nSPS) is 12.0. The fraction of sp³-hybridized carbons (Fsp3) is 0.143. The Morgan fingerprint density at radius 2 is 1.13 bits per heavy atom. The summed E-state index contributed by atoms with van der Waals surface area (Å²) < 4.78 is 52.0. The number of rotatable bonds is 0. The predicted molar refractivity (Wildman–Crippen MR) is 82.3 cm³/mol. The third-order valence-corrected chi connectivity index (χ3v) is 8.84. The molecule has 1 aromatic rings. The molecule has 0 amide bonds. The van der Waals surface area contributed by atoms with Crippen molar-refractivity contribution >= 4 is 90.4 Å². The van der Waals surface area contributed by atoms with Gasteiger partial charge in [0.25, 0.3) is 0 Å². The van der Waals surface area contributed by atoms with E-state index in [9.17, 15) is 17.6 Å². The van der Waals surface area contributed by atoms with Crippen LogP contribution < -0.4 is 0 Å². The molecule has 0 nitrogen and oxygen atoms in total. The Labute approximate surface area is 138 Å². The van der Waals surface area contributed by atoms with Gasteiger partial charge in [0, 0.05) is 10.7 Å². The van der Waals surface area contributed by atoms with Crippen LogP contribution in [-0.2, 0) is 6.18 Å². The minimum atomic E-state index is -4.65. The smallest absolute Gasteiger partial charge is 0.205 e. The first kappa shape index (κ1) is 14.9. The summed E-state index contributed by atoms with van der Waals surface area (Å²) in [5.74, 6) is -1.18. The van der Waals surface area contributed by atoms with Gasteiger partial charge in [-0.2, -0.15) is 13.2 Å². The summed E-state index contributed by atoms with van der Waals surface area (Å²) in [7, 11) is 0. The molecule has 0 saturated carbocycles. The Hall–Kier alpha value is 1.86. The maximum absolute atomic E-state index is 13.5. The zero-order chi connectivity index (χ0) is 12.0. The third-order valence-electron chi connectivity index (χ3n) is 1.49. The average Bonchev–Trinajstić information content (AvgIpc) is 2.09. The fourth-order valence-electron chi connectivity index (χ4n) is 0.854. The zero-order valence-electron chi connectivity index (χ0n) is 6.52. The van der Waals surface area contributed by atoms with Crippen molar-refractivity contribution in [2.45, 2.75) is 6.18 Å². The molecule has 0 aromatic heterocycles. The number of alkyl halides is 3. The van der Waals surface area contributed by atoms with Gasteiger partial charge in [-0.05, 0) is 90.4 Å². The van der Waals surface area contributed by atoms with Crippen LogP contribution in [0.15, 0.2) is 0 Å². The molecule has 0 heterocycles. The van der Waals surface area contributed by atoms with E-state index >= 15 is 0 Å². The molecule has 15 heavy (non-hydrogen) atoms. The SMILES string of the molecule is Fc1c(I)c(I)c(I)c(I)c1C(F)(F)F. The largest absolute Gasteiger partial charge is 0.420 e. The summed E-state index contributed by atoms with van der Waals surface area (Å²) in [4.78, 5) is 0. The molecule has 1 rings (SSSR count). The van der Waals surface area contributed by atoms with Gasteiger partial charge in [-0.15, -0.1) is 0 Å². The molecule has 0 N–H and O–H groups in total. The topological polar surface area (TPSA) is 0 Å². The van der Waals surface area contributed by atoms with Crippen molar-refractivity contribution < 1.29 is 17.6 Å². The van der Waals surface area contributed by atoms with Crippen molar-refractivity contribution in [1.29, 1.82) is 0 Å². The molecule has 0 radical (unpaired) electrons. The quantitative estimate of drug-likeness (QED) is 0.153. The summed E-state index contributed by atoms with van der Waals surface area (Å²) in [6.07, 6.45) is -4.65. The lowest BCUT2D eigenvalue weighted by Crippen LogP contribution is -2.14. The van der Waals surface area contributed by atoms with Crippen molar-refractivity contribution in [3.63, 3.8) is 0 Å². The van der Waals surface area contributed by atoms with Crippen LogP contribution in [0.1, 0.15) is 5.56 Å². The van der Waals surface area contributed by atoms with E-state index in [4.69, 9.17) is 0 Å². The highest BCUT2D eigenvalue weighted by molar-refractivity contribution is 14.1. The molecule has 8 heteroatoms. The van der Waals surface area contributed by atoms with Gasteiger partial charge in [-0.1, -0.05) is 0 Å². The Morgan fingerprint density at radius 3 is 1.53 bits per heavy atom. The van der Waals surface area contributed by atoms with Crippen LogP contribution in [0.3, 0.4) is 0 Å². The van der Waals surface area contributed by atoms with E-state index in [1.54, 1.807) is 45.2 Å². The molecule has 0 atom stereocenters. The van der Waals surface area contributed by atoms with E-state index < -0.39 is 17.6 Å². The van der Waals surface area contributed by atoms with Crippen molar-refractivity contribution in [3.8, 4) is 0 Å². The van der Waals surface area contributed by atoms with E-state index in [0.717, 1.165) is 0 Å². The summed E-state index contributed by atoms with van der Waals surface area (Å²) in [6, 6.07) is 0. The monoisotopic (exact) mass is 668 g/mol. The highest BCUT2D eigenvalue weighted by Crippen LogP contribution is 2.40. The van der Waals surface area contributed by atoms with E-state index in [2.05, 4.69) is 0 Å². The molecule has 84 valence electrons. The number of halogens is 8. The zero-order valence-corrected chi connectivity index (χ0v) is 15.2. The van der Waals surface area contributed by atoms with E-state index in [1.807, 2.05) is 22.6 Å². The van der Waals surface area contributed by atoms with Gasteiger partial charge in [-0.3, -0.25) is 0 Å². The van der Waals surface area contributed by atoms with E-state index in [0.29, 0.717) is 7.14 Å². The van der Waals surface area contributed by atoms with Gasteiger partial charge in [0.15, 0.2) is 5.82 Å². The first-order valence-electron chi connectivity index (χ1n) is 3.26. The molecule has 0 aliphatic heterocycles. The van der Waals surface area contributed by atoms with Crippen LogP contribution in [0, 0.1) is 20.1 Å². The van der Waals surface area contributed by atoms with Crippen LogP contribution >= 0.6 is 90.4 Å². The molecule has 0 spiro atoms. The van der Waals surface area contributed by atoms with E-state index in [1.165, 1.54) is 22.6 Å².